The molecule has 0 spiro atoms. The molecule has 0 bridgehead atoms. The summed E-state index contributed by atoms with van der Waals surface area (Å²) in [4.78, 5) is 12.9. The Kier molecular flexibility index (Phi) is 6.23. The molecule has 0 aliphatic heterocycles. The smallest absolute Gasteiger partial charge is 0.357 e. The second kappa shape index (κ2) is 9.01. The third-order valence-corrected chi connectivity index (χ3v) is 4.37. The second-order valence-electron chi connectivity index (χ2n) is 6.29. The van der Waals surface area contributed by atoms with E-state index >= 15 is 0 Å². The molecule has 3 aromatic rings. The van der Waals surface area contributed by atoms with Gasteiger partial charge < -0.3 is 14.2 Å². The van der Waals surface area contributed by atoms with Gasteiger partial charge in [-0.1, -0.05) is 30.3 Å². The number of ether oxygens (including phenoxy) is 3. The van der Waals surface area contributed by atoms with Crippen LogP contribution >= 0.6 is 0 Å². The first kappa shape index (κ1) is 20.1. The van der Waals surface area contributed by atoms with E-state index in [2.05, 4.69) is 15.5 Å². The summed E-state index contributed by atoms with van der Waals surface area (Å²) in [6, 6.07) is 13.1. The number of tetrazole rings is 1. The molecule has 29 heavy (non-hydrogen) atoms. The highest BCUT2D eigenvalue weighted by atomic mass is 16.5. The van der Waals surface area contributed by atoms with Gasteiger partial charge in [-0.2, -0.15) is 4.68 Å². The van der Waals surface area contributed by atoms with E-state index in [-0.39, 0.29) is 12.3 Å². The van der Waals surface area contributed by atoms with Crippen LogP contribution in [0.25, 0.3) is 11.8 Å². The molecule has 0 fully saturated rings. The molecule has 0 aliphatic rings. The van der Waals surface area contributed by atoms with Gasteiger partial charge in [0, 0.05) is 0 Å². The molecule has 0 atom stereocenters. The van der Waals surface area contributed by atoms with E-state index in [1.54, 1.807) is 33.3 Å². The van der Waals surface area contributed by atoms with E-state index in [1.165, 1.54) is 4.68 Å². The monoisotopic (exact) mass is 394 g/mol. The van der Waals surface area contributed by atoms with Crippen LogP contribution in [0.3, 0.4) is 0 Å². The molecule has 8 nitrogen and oxygen atoms in total. The Hall–Kier alpha value is -3.68. The Balaban J connectivity index is 1.87. The van der Waals surface area contributed by atoms with Crippen molar-refractivity contribution in [3.8, 4) is 11.5 Å². The summed E-state index contributed by atoms with van der Waals surface area (Å²) in [5, 5.41) is 11.4. The van der Waals surface area contributed by atoms with Crippen molar-refractivity contribution in [3.05, 3.63) is 65.0 Å². The lowest BCUT2D eigenvalue weighted by molar-refractivity contribution is -0.138. The summed E-state index contributed by atoms with van der Waals surface area (Å²) in [6.45, 7) is 3.69. The molecule has 1 heterocycles. The second-order valence-corrected chi connectivity index (χ2v) is 6.29. The van der Waals surface area contributed by atoms with Crippen molar-refractivity contribution < 1.29 is 19.0 Å². The van der Waals surface area contributed by atoms with Crippen LogP contribution in [-0.2, 0) is 16.1 Å². The number of esters is 1. The Bertz CT molecular complexity index is 1030. The highest BCUT2D eigenvalue weighted by molar-refractivity contribution is 6.15. The highest BCUT2D eigenvalue weighted by Gasteiger charge is 2.19. The number of methoxy groups -OCH3 is 2. The van der Waals surface area contributed by atoms with E-state index < -0.39 is 5.97 Å². The van der Waals surface area contributed by atoms with E-state index in [0.717, 1.165) is 16.7 Å². The molecule has 0 radical (unpaired) electrons. The number of aryl methyl sites for hydroxylation is 2. The molecule has 8 heteroatoms. The van der Waals surface area contributed by atoms with Gasteiger partial charge in [0.05, 0.1) is 14.2 Å². The van der Waals surface area contributed by atoms with Crippen LogP contribution in [0.4, 0.5) is 0 Å². The summed E-state index contributed by atoms with van der Waals surface area (Å²) in [7, 11) is 3.14. The van der Waals surface area contributed by atoms with Crippen LogP contribution in [0.5, 0.6) is 11.5 Å². The molecule has 2 aromatic carbocycles. The molecule has 3 rings (SSSR count). The maximum Gasteiger partial charge on any atom is 0.357 e. The van der Waals surface area contributed by atoms with Crippen LogP contribution in [0, 0.1) is 13.8 Å². The van der Waals surface area contributed by atoms with Crippen molar-refractivity contribution in [2.24, 2.45) is 0 Å². The van der Waals surface area contributed by atoms with Crippen molar-refractivity contribution in [1.82, 2.24) is 20.2 Å². The number of aromatic nitrogens is 4. The normalized spacial score (nSPS) is 11.2. The van der Waals surface area contributed by atoms with Crippen molar-refractivity contribution in [2.45, 2.75) is 20.5 Å². The maximum atomic E-state index is 12.9. The van der Waals surface area contributed by atoms with Crippen molar-refractivity contribution in [1.29, 1.82) is 0 Å². The zero-order valence-corrected chi connectivity index (χ0v) is 16.7. The Labute approximate surface area is 168 Å². The van der Waals surface area contributed by atoms with Crippen molar-refractivity contribution >= 4 is 17.7 Å². The predicted molar refractivity (Wildman–Crippen MR) is 107 cm³/mol. The minimum atomic E-state index is -0.543. The van der Waals surface area contributed by atoms with Crippen LogP contribution in [0.2, 0.25) is 0 Å². The predicted octanol–water partition coefficient (Wildman–Crippen LogP) is 3.05. The molecule has 0 N–H and O–H groups in total. The number of rotatable bonds is 7. The fourth-order valence-corrected chi connectivity index (χ4v) is 2.76. The molecular weight excluding hydrogens is 372 g/mol. The van der Waals surface area contributed by atoms with Crippen LogP contribution in [0.15, 0.2) is 42.5 Å². The Morgan fingerprint density at radius 2 is 1.76 bits per heavy atom. The van der Waals surface area contributed by atoms with Gasteiger partial charge in [-0.25, -0.2) is 4.79 Å². The van der Waals surface area contributed by atoms with E-state index in [1.807, 2.05) is 43.3 Å². The lowest BCUT2D eigenvalue weighted by atomic mass is 10.1. The van der Waals surface area contributed by atoms with Gasteiger partial charge in [-0.05, 0) is 59.2 Å². The summed E-state index contributed by atoms with van der Waals surface area (Å²) in [6.07, 6.45) is 1.69. The zero-order chi connectivity index (χ0) is 20.8. The quantitative estimate of drug-likeness (QED) is 0.449. The van der Waals surface area contributed by atoms with Gasteiger partial charge in [0.2, 0.25) is 0 Å². The van der Waals surface area contributed by atoms with Gasteiger partial charge in [0.25, 0.3) is 0 Å². The minimum absolute atomic E-state index is 0.0678. The SMILES string of the molecule is COc1cc(C)c(COC(=O)/C(=C/c2ccccc2)n2nnnc2C)cc1OC. The summed E-state index contributed by atoms with van der Waals surface area (Å²) >= 11 is 0. The van der Waals surface area contributed by atoms with Crippen LogP contribution in [-0.4, -0.2) is 40.4 Å². The van der Waals surface area contributed by atoms with Crippen molar-refractivity contribution in [3.63, 3.8) is 0 Å². The highest BCUT2D eigenvalue weighted by Crippen LogP contribution is 2.30. The van der Waals surface area contributed by atoms with Gasteiger partial charge >= 0.3 is 5.97 Å². The first-order chi connectivity index (χ1) is 14.0. The standard InChI is InChI=1S/C21H22N4O4/c1-14-10-19(27-3)20(28-4)12-17(14)13-29-21(26)18(25-15(2)22-23-24-25)11-16-8-6-5-7-9-16/h5-12H,13H2,1-4H3/b18-11-. The van der Waals surface area contributed by atoms with E-state index in [9.17, 15) is 4.79 Å². The third-order valence-electron chi connectivity index (χ3n) is 4.37. The van der Waals surface area contributed by atoms with Crippen molar-refractivity contribution in [2.75, 3.05) is 14.2 Å². The molecule has 0 unspecified atom stereocenters. The summed E-state index contributed by atoms with van der Waals surface area (Å²) in [5.74, 6) is 1.12. The van der Waals surface area contributed by atoms with Crippen LogP contribution in [0.1, 0.15) is 22.5 Å². The third kappa shape index (κ3) is 4.60. The van der Waals surface area contributed by atoms with Gasteiger partial charge in [0.15, 0.2) is 23.0 Å². The molecule has 0 aliphatic carbocycles. The average molecular weight is 394 g/mol. The van der Waals surface area contributed by atoms with E-state index in [4.69, 9.17) is 14.2 Å². The number of carbonyl (C=O) groups excluding carboxylic acids is 1. The topological polar surface area (TPSA) is 88.4 Å². The molecule has 0 saturated carbocycles. The number of benzene rings is 2. The number of carbonyl (C=O) groups is 1. The number of hydrogen-bond acceptors (Lipinski definition) is 7. The molecule has 0 saturated heterocycles. The number of nitrogens with zero attached hydrogens (tertiary/aromatic N) is 4. The lowest BCUT2D eigenvalue weighted by Crippen LogP contribution is -2.15. The summed E-state index contributed by atoms with van der Waals surface area (Å²) in [5.41, 5.74) is 2.78. The Morgan fingerprint density at radius 3 is 2.38 bits per heavy atom. The molecule has 0 amide bonds. The fourth-order valence-electron chi connectivity index (χ4n) is 2.76. The maximum absolute atomic E-state index is 12.9. The zero-order valence-electron chi connectivity index (χ0n) is 16.7. The minimum Gasteiger partial charge on any atom is -0.493 e. The first-order valence-corrected chi connectivity index (χ1v) is 8.94. The average Bonchev–Trinajstić information content (AvgIpc) is 3.16. The molecule has 150 valence electrons. The van der Waals surface area contributed by atoms with E-state index in [0.29, 0.717) is 17.3 Å². The Morgan fingerprint density at radius 1 is 1.07 bits per heavy atom. The van der Waals surface area contributed by atoms with Gasteiger partial charge in [-0.3, -0.25) is 0 Å². The van der Waals surface area contributed by atoms with Gasteiger partial charge in [-0.15, -0.1) is 5.10 Å². The number of hydrogen-bond donors (Lipinski definition) is 0. The van der Waals surface area contributed by atoms with Crippen LogP contribution < -0.4 is 9.47 Å². The molecular formula is C21H22N4O4. The summed E-state index contributed by atoms with van der Waals surface area (Å²) < 4.78 is 17.6. The molecule has 1 aromatic heterocycles. The fraction of sp³-hybridized carbons (Fsp3) is 0.238. The van der Waals surface area contributed by atoms with Gasteiger partial charge in [0.1, 0.15) is 6.61 Å². The first-order valence-electron chi connectivity index (χ1n) is 8.94. The largest absolute Gasteiger partial charge is 0.493 e. The lowest BCUT2D eigenvalue weighted by Gasteiger charge is -2.14.